The van der Waals surface area contributed by atoms with E-state index in [4.69, 9.17) is 0 Å². The second-order valence-corrected chi connectivity index (χ2v) is 9.28. The largest absolute Gasteiger partial charge is 0.362 e. The Morgan fingerprint density at radius 3 is 2.62 bits per heavy atom. The van der Waals surface area contributed by atoms with Crippen LogP contribution >= 0.6 is 0 Å². The van der Waals surface area contributed by atoms with Crippen molar-refractivity contribution >= 4 is 22.3 Å². The average Bonchev–Trinajstić information content (AvgIpc) is 2.73. The van der Waals surface area contributed by atoms with Gasteiger partial charge in [0.15, 0.2) is 5.82 Å². The zero-order valence-electron chi connectivity index (χ0n) is 18.9. The van der Waals surface area contributed by atoms with Gasteiger partial charge in [-0.15, -0.1) is 5.10 Å². The fourth-order valence-corrected chi connectivity index (χ4v) is 5.33. The Kier molecular flexibility index (Phi) is 4.79. The summed E-state index contributed by atoms with van der Waals surface area (Å²) in [5.41, 5.74) is 4.04. The summed E-state index contributed by atoms with van der Waals surface area (Å²) in [6, 6.07) is 11.4. The lowest BCUT2D eigenvalue weighted by Crippen LogP contribution is -2.76. The van der Waals surface area contributed by atoms with E-state index in [-0.39, 0.29) is 17.4 Å². The Morgan fingerprint density at radius 1 is 1.19 bits per heavy atom. The highest BCUT2D eigenvalue weighted by Gasteiger charge is 2.52. The summed E-state index contributed by atoms with van der Waals surface area (Å²) >= 11 is 0. The number of aromatic nitrogens is 2. The Bertz CT molecular complexity index is 1260. The molecule has 0 aliphatic carbocycles. The first-order valence-corrected chi connectivity index (χ1v) is 11.0. The second-order valence-electron chi connectivity index (χ2n) is 9.28. The van der Waals surface area contributed by atoms with E-state index in [9.17, 15) is 5.26 Å². The molecule has 7 heteroatoms. The first kappa shape index (κ1) is 20.7. The third kappa shape index (κ3) is 3.09. The van der Waals surface area contributed by atoms with Crippen LogP contribution in [-0.4, -0.2) is 47.3 Å². The molecule has 5 rings (SSSR count). The summed E-state index contributed by atoms with van der Waals surface area (Å²) in [7, 11) is 2.10. The summed E-state index contributed by atoms with van der Waals surface area (Å²) in [5.74, 6) is 0.417. The number of hydrogen-bond acceptors (Lipinski definition) is 6. The maximum atomic E-state index is 15.2. The van der Waals surface area contributed by atoms with Crippen LogP contribution in [0.3, 0.4) is 0 Å². The van der Waals surface area contributed by atoms with Crippen molar-refractivity contribution in [2.24, 2.45) is 0 Å². The molecule has 0 bridgehead atoms. The highest BCUT2D eigenvalue weighted by atomic mass is 19.1. The second kappa shape index (κ2) is 7.42. The van der Waals surface area contributed by atoms with Crippen LogP contribution < -0.4 is 10.2 Å². The third-order valence-corrected chi connectivity index (χ3v) is 7.14. The summed E-state index contributed by atoms with van der Waals surface area (Å²) in [4.78, 5) is 4.48. The van der Waals surface area contributed by atoms with Crippen molar-refractivity contribution < 1.29 is 4.39 Å². The molecule has 6 nitrogen and oxygen atoms in total. The summed E-state index contributed by atoms with van der Waals surface area (Å²) in [6.45, 7) is 8.65. The van der Waals surface area contributed by atoms with Crippen LogP contribution in [0.1, 0.15) is 41.8 Å². The lowest BCUT2D eigenvalue weighted by Gasteiger charge is -2.63. The Morgan fingerprint density at radius 2 is 1.97 bits per heavy atom. The molecule has 1 spiro atoms. The molecule has 1 atom stereocenters. The maximum absolute atomic E-state index is 15.2. The van der Waals surface area contributed by atoms with Gasteiger partial charge >= 0.3 is 0 Å². The summed E-state index contributed by atoms with van der Waals surface area (Å²) < 4.78 is 15.2. The SMILES string of the molecule is Cc1c(C#N)cccc1[C@@H](C)Nc1nnc(C)c2cc(F)c(N3CCC34CN(C)C4)cc12. The lowest BCUT2D eigenvalue weighted by atomic mass is 9.77. The highest BCUT2D eigenvalue weighted by molar-refractivity contribution is 5.96. The maximum Gasteiger partial charge on any atom is 0.157 e. The van der Waals surface area contributed by atoms with E-state index in [0.29, 0.717) is 22.8 Å². The van der Waals surface area contributed by atoms with Crippen LogP contribution in [0.4, 0.5) is 15.9 Å². The van der Waals surface area contributed by atoms with E-state index < -0.39 is 0 Å². The normalized spacial score (nSPS) is 18.2. The van der Waals surface area contributed by atoms with E-state index in [2.05, 4.69) is 38.4 Å². The van der Waals surface area contributed by atoms with Gasteiger partial charge in [-0.2, -0.15) is 10.4 Å². The van der Waals surface area contributed by atoms with Crippen molar-refractivity contribution in [2.45, 2.75) is 38.8 Å². The smallest absolute Gasteiger partial charge is 0.157 e. The number of nitriles is 1. The number of rotatable bonds is 4. The minimum atomic E-state index is -0.209. The molecule has 0 unspecified atom stereocenters. The fourth-order valence-electron chi connectivity index (χ4n) is 5.33. The van der Waals surface area contributed by atoms with Gasteiger partial charge in [-0.1, -0.05) is 12.1 Å². The Hall–Kier alpha value is -3.24. The van der Waals surface area contributed by atoms with Gasteiger partial charge in [0.2, 0.25) is 0 Å². The zero-order chi connectivity index (χ0) is 22.6. The van der Waals surface area contributed by atoms with Gasteiger partial charge in [-0.05, 0) is 63.6 Å². The van der Waals surface area contributed by atoms with Gasteiger partial charge in [0, 0.05) is 30.4 Å². The molecule has 2 aromatic carbocycles. The van der Waals surface area contributed by atoms with Crippen LogP contribution in [0.15, 0.2) is 30.3 Å². The molecular formula is C25H27FN6. The average molecular weight is 431 g/mol. The first-order valence-electron chi connectivity index (χ1n) is 11.0. The van der Waals surface area contributed by atoms with Crippen molar-refractivity contribution in [1.29, 1.82) is 5.26 Å². The number of benzene rings is 2. The van der Waals surface area contributed by atoms with Crippen LogP contribution in [0.2, 0.25) is 0 Å². The number of aryl methyl sites for hydroxylation is 1. The van der Waals surface area contributed by atoms with Crippen LogP contribution in [0.5, 0.6) is 0 Å². The minimum absolute atomic E-state index is 0.0640. The number of likely N-dealkylation sites (N-methyl/N-ethyl adjacent to an activating group) is 1. The van der Waals surface area contributed by atoms with Crippen LogP contribution in [0.25, 0.3) is 10.8 Å². The van der Waals surface area contributed by atoms with Crippen LogP contribution in [0, 0.1) is 31.0 Å². The molecule has 3 heterocycles. The molecule has 2 aliphatic heterocycles. The number of hydrogen-bond donors (Lipinski definition) is 1. The standard InChI is InChI=1S/C25H27FN6/c1-15-18(12-27)6-5-7-19(15)16(2)28-24-21-11-23(22(26)10-20(21)17(3)29-30-24)32-9-8-25(32)13-31(4)14-25/h5-7,10-11,16H,8-9,13-14H2,1-4H3,(H,28,30)/t16-/m1/s1. The van der Waals surface area contributed by atoms with Gasteiger partial charge < -0.3 is 15.1 Å². The van der Waals surface area contributed by atoms with Gasteiger partial charge in [-0.25, -0.2) is 4.39 Å². The van der Waals surface area contributed by atoms with Gasteiger partial charge in [0.05, 0.1) is 34.6 Å². The predicted octanol–water partition coefficient (Wildman–Crippen LogP) is 4.32. The molecule has 164 valence electrons. The number of nitrogens with one attached hydrogen (secondary N) is 1. The van der Waals surface area contributed by atoms with Crippen LogP contribution in [-0.2, 0) is 0 Å². The lowest BCUT2D eigenvalue weighted by molar-refractivity contribution is 0.0463. The van der Waals surface area contributed by atoms with Crippen molar-refractivity contribution in [3.63, 3.8) is 0 Å². The topological polar surface area (TPSA) is 68.1 Å². The third-order valence-electron chi connectivity index (χ3n) is 7.14. The van der Waals surface area contributed by atoms with Crippen molar-refractivity contribution in [3.8, 4) is 6.07 Å². The molecule has 2 fully saturated rings. The molecule has 1 aromatic heterocycles. The minimum Gasteiger partial charge on any atom is -0.362 e. The number of nitrogens with zero attached hydrogens (tertiary/aromatic N) is 5. The van der Waals surface area contributed by atoms with E-state index in [1.807, 2.05) is 45.0 Å². The monoisotopic (exact) mass is 430 g/mol. The molecule has 1 N–H and O–H groups in total. The Balaban J connectivity index is 1.54. The van der Waals surface area contributed by atoms with Gasteiger partial charge in [0.25, 0.3) is 0 Å². The summed E-state index contributed by atoms with van der Waals surface area (Å²) in [6.07, 6.45) is 1.10. The predicted molar refractivity (Wildman–Crippen MR) is 124 cm³/mol. The molecule has 0 saturated carbocycles. The molecule has 0 radical (unpaired) electrons. The van der Waals surface area contributed by atoms with E-state index in [0.717, 1.165) is 48.0 Å². The van der Waals surface area contributed by atoms with Crippen molar-refractivity contribution in [2.75, 3.05) is 36.9 Å². The number of likely N-dealkylation sites (tertiary alicyclic amines) is 1. The number of halogens is 1. The fraction of sp³-hybridized carbons (Fsp3) is 0.400. The Labute approximate surface area is 187 Å². The molecule has 2 aliphatic rings. The van der Waals surface area contributed by atoms with Gasteiger partial charge in [-0.3, -0.25) is 0 Å². The van der Waals surface area contributed by atoms with E-state index in [1.165, 1.54) is 0 Å². The molecular weight excluding hydrogens is 403 g/mol. The number of anilines is 2. The quantitative estimate of drug-likeness (QED) is 0.665. The van der Waals surface area contributed by atoms with E-state index >= 15 is 4.39 Å². The molecule has 0 amide bonds. The first-order chi connectivity index (χ1) is 15.3. The molecule has 3 aromatic rings. The van der Waals surface area contributed by atoms with Crippen molar-refractivity contribution in [1.82, 2.24) is 15.1 Å². The summed E-state index contributed by atoms with van der Waals surface area (Å²) in [5, 5.41) is 23.2. The van der Waals surface area contributed by atoms with E-state index in [1.54, 1.807) is 6.07 Å². The van der Waals surface area contributed by atoms with Crippen molar-refractivity contribution in [3.05, 3.63) is 58.5 Å². The number of fused-ring (bicyclic) bond motifs is 1. The molecule has 2 saturated heterocycles. The van der Waals surface area contributed by atoms with Gasteiger partial charge in [0.1, 0.15) is 5.82 Å². The molecule has 32 heavy (non-hydrogen) atoms. The zero-order valence-corrected chi connectivity index (χ0v) is 18.9. The highest BCUT2D eigenvalue weighted by Crippen LogP contribution is 2.44.